The van der Waals surface area contributed by atoms with E-state index in [1.807, 2.05) is 78.3 Å². The number of rotatable bonds is 6. The number of aliphatic hydroxyl groups is 1. The van der Waals surface area contributed by atoms with Gasteiger partial charge in [-0.1, -0.05) is 48.6 Å². The van der Waals surface area contributed by atoms with E-state index in [1.54, 1.807) is 18.2 Å². The number of pyridine rings is 1. The van der Waals surface area contributed by atoms with Crippen LogP contribution < -0.4 is 4.90 Å². The Bertz CT molecular complexity index is 979. The fraction of sp³-hybridized carbons (Fsp3) is 0.182. The third-order valence-corrected chi connectivity index (χ3v) is 4.89. The van der Waals surface area contributed by atoms with Crippen LogP contribution in [0.2, 0.25) is 0 Å². The number of aromatic nitrogens is 1. The average molecular weight is 378 g/mol. The number of carbonyl (C=O) groups excluding carboxylic acids is 1. The lowest BCUT2D eigenvalue weighted by Crippen LogP contribution is -2.10. The molecule has 0 radical (unpaired) electrons. The van der Waals surface area contributed by atoms with E-state index in [1.165, 1.54) is 0 Å². The third-order valence-electron chi connectivity index (χ3n) is 4.45. The highest BCUT2D eigenvalue weighted by Gasteiger charge is 2.17. The minimum Gasteiger partial charge on any atom is -0.388 e. The molecule has 1 N–H and O–H groups in total. The van der Waals surface area contributed by atoms with Gasteiger partial charge in [0.2, 0.25) is 0 Å². The van der Waals surface area contributed by atoms with Gasteiger partial charge in [-0.15, -0.1) is 0 Å². The maximum Gasteiger partial charge on any atom is 0.165 e. The van der Waals surface area contributed by atoms with Crippen molar-refractivity contribution >= 4 is 23.7 Å². The highest BCUT2D eigenvalue weighted by Crippen LogP contribution is 2.23. The van der Waals surface area contributed by atoms with E-state index in [-0.39, 0.29) is 12.2 Å². The van der Waals surface area contributed by atoms with Crippen LogP contribution in [0.5, 0.6) is 0 Å². The van der Waals surface area contributed by atoms with E-state index < -0.39 is 6.10 Å². The van der Waals surface area contributed by atoms with Crippen molar-refractivity contribution in [3.8, 4) is 5.69 Å². The van der Waals surface area contributed by atoms with Gasteiger partial charge in [-0.25, -0.2) is 0 Å². The number of hydrogen-bond donors (Lipinski definition) is 1. The maximum atomic E-state index is 12.4. The third kappa shape index (κ3) is 4.32. The van der Waals surface area contributed by atoms with Crippen LogP contribution in [0.15, 0.2) is 72.9 Å². The Morgan fingerprint density at radius 1 is 1.04 bits per heavy atom. The first-order chi connectivity index (χ1) is 13.0. The minimum atomic E-state index is -0.946. The zero-order chi connectivity index (χ0) is 19.4. The summed E-state index contributed by atoms with van der Waals surface area (Å²) in [5.74, 6) is -0.108. The molecule has 0 saturated carbocycles. The first-order valence-electron chi connectivity index (χ1n) is 8.73. The molecule has 1 atom stereocenters. The lowest BCUT2D eigenvalue weighted by atomic mass is 10.0. The highest BCUT2D eigenvalue weighted by atomic mass is 32.1. The largest absolute Gasteiger partial charge is 0.388 e. The number of carbonyl (C=O) groups is 1. The second-order valence-corrected chi connectivity index (χ2v) is 6.95. The Hall–Kier alpha value is -2.76. The summed E-state index contributed by atoms with van der Waals surface area (Å²) >= 11 is 5.59. The molecule has 1 unspecified atom stereocenters. The molecule has 0 amide bonds. The second kappa shape index (κ2) is 8.29. The van der Waals surface area contributed by atoms with E-state index in [9.17, 15) is 9.90 Å². The van der Waals surface area contributed by atoms with Gasteiger partial charge in [-0.05, 0) is 30.3 Å². The number of benzene rings is 2. The number of hydrogen-bond acceptors (Lipinski definition) is 4. The molecule has 3 aromatic rings. The summed E-state index contributed by atoms with van der Waals surface area (Å²) in [5.41, 5.74) is 3.17. The molecular weight excluding hydrogens is 356 g/mol. The quantitative estimate of drug-likeness (QED) is 0.504. The van der Waals surface area contributed by atoms with Gasteiger partial charge in [0.1, 0.15) is 4.64 Å². The molecular formula is C22H22N2O2S. The van der Waals surface area contributed by atoms with Gasteiger partial charge in [0, 0.05) is 49.2 Å². The Kier molecular flexibility index (Phi) is 5.84. The van der Waals surface area contributed by atoms with E-state index >= 15 is 0 Å². The SMILES string of the molecule is CN(C)c1ccc(-n2cccc(C(O)CC(=O)c3ccccc3)c2=S)cc1. The summed E-state index contributed by atoms with van der Waals surface area (Å²) in [6.45, 7) is 0. The number of nitrogens with zero attached hydrogens (tertiary/aromatic N) is 2. The van der Waals surface area contributed by atoms with Gasteiger partial charge >= 0.3 is 0 Å². The number of ketones is 1. The maximum absolute atomic E-state index is 12.4. The molecule has 4 nitrogen and oxygen atoms in total. The minimum absolute atomic E-state index is 0.00274. The summed E-state index contributed by atoms with van der Waals surface area (Å²) in [6.07, 6.45) is 0.915. The summed E-state index contributed by atoms with van der Waals surface area (Å²) in [4.78, 5) is 14.4. The molecule has 0 aliphatic carbocycles. The monoisotopic (exact) mass is 378 g/mol. The van der Waals surface area contributed by atoms with Gasteiger partial charge in [0.15, 0.2) is 5.78 Å². The summed E-state index contributed by atoms with van der Waals surface area (Å²) in [6, 6.07) is 20.6. The van der Waals surface area contributed by atoms with Gasteiger partial charge in [0.25, 0.3) is 0 Å². The predicted octanol–water partition coefficient (Wildman–Crippen LogP) is 4.58. The van der Waals surface area contributed by atoms with E-state index in [0.29, 0.717) is 15.8 Å². The lowest BCUT2D eigenvalue weighted by molar-refractivity contribution is 0.0879. The van der Waals surface area contributed by atoms with Crippen LogP contribution in [-0.4, -0.2) is 29.6 Å². The molecule has 1 heterocycles. The van der Waals surface area contributed by atoms with E-state index in [0.717, 1.165) is 11.4 Å². The van der Waals surface area contributed by atoms with Crippen molar-refractivity contribution in [1.82, 2.24) is 4.57 Å². The normalized spacial score (nSPS) is 11.8. The summed E-state index contributed by atoms with van der Waals surface area (Å²) in [7, 11) is 3.97. The zero-order valence-corrected chi connectivity index (χ0v) is 16.2. The number of anilines is 1. The Morgan fingerprint density at radius 3 is 2.33 bits per heavy atom. The molecule has 0 aliphatic heterocycles. The van der Waals surface area contributed by atoms with Crippen molar-refractivity contribution in [3.63, 3.8) is 0 Å². The first kappa shape index (κ1) is 19.0. The zero-order valence-electron chi connectivity index (χ0n) is 15.4. The van der Waals surface area contributed by atoms with Crippen LogP contribution >= 0.6 is 12.2 Å². The van der Waals surface area contributed by atoms with Crippen molar-refractivity contribution in [2.75, 3.05) is 19.0 Å². The molecule has 0 bridgehead atoms. The Balaban J connectivity index is 1.86. The molecule has 1 aromatic heterocycles. The molecule has 0 fully saturated rings. The summed E-state index contributed by atoms with van der Waals surface area (Å²) in [5, 5.41) is 10.6. The molecule has 138 valence electrons. The first-order valence-corrected chi connectivity index (χ1v) is 9.14. The standard InChI is InChI=1S/C22H22N2O2S/c1-23(2)17-10-12-18(13-11-17)24-14-6-9-19(22(24)27)21(26)15-20(25)16-7-4-3-5-8-16/h3-14,21,26H,15H2,1-2H3. The van der Waals surface area contributed by atoms with Crippen LogP contribution in [0.1, 0.15) is 28.4 Å². The summed E-state index contributed by atoms with van der Waals surface area (Å²) < 4.78 is 2.35. The van der Waals surface area contributed by atoms with Crippen molar-refractivity contribution in [3.05, 3.63) is 88.7 Å². The molecule has 0 aliphatic rings. The van der Waals surface area contributed by atoms with Gasteiger partial charge in [-0.3, -0.25) is 4.79 Å². The van der Waals surface area contributed by atoms with Crippen LogP contribution in [0.25, 0.3) is 5.69 Å². The van der Waals surface area contributed by atoms with E-state index in [2.05, 4.69) is 0 Å². The van der Waals surface area contributed by atoms with Crippen molar-refractivity contribution in [2.45, 2.75) is 12.5 Å². The van der Waals surface area contributed by atoms with Crippen LogP contribution in [-0.2, 0) is 0 Å². The van der Waals surface area contributed by atoms with E-state index in [4.69, 9.17) is 12.2 Å². The molecule has 27 heavy (non-hydrogen) atoms. The Morgan fingerprint density at radius 2 is 1.70 bits per heavy atom. The predicted molar refractivity (Wildman–Crippen MR) is 111 cm³/mol. The van der Waals surface area contributed by atoms with Crippen molar-refractivity contribution < 1.29 is 9.90 Å². The lowest BCUT2D eigenvalue weighted by Gasteiger charge is -2.16. The molecule has 0 spiro atoms. The van der Waals surface area contributed by atoms with Crippen LogP contribution in [0, 0.1) is 4.64 Å². The number of aliphatic hydroxyl groups excluding tert-OH is 1. The topological polar surface area (TPSA) is 45.5 Å². The number of Topliss-reactive ketones (excluding diaryl/α,β-unsaturated/α-hetero) is 1. The van der Waals surface area contributed by atoms with Crippen LogP contribution in [0.4, 0.5) is 5.69 Å². The fourth-order valence-electron chi connectivity index (χ4n) is 2.91. The molecule has 3 rings (SSSR count). The van der Waals surface area contributed by atoms with Gasteiger partial charge < -0.3 is 14.6 Å². The van der Waals surface area contributed by atoms with Crippen LogP contribution in [0.3, 0.4) is 0 Å². The second-order valence-electron chi connectivity index (χ2n) is 6.56. The molecule has 5 heteroatoms. The molecule has 0 saturated heterocycles. The van der Waals surface area contributed by atoms with Crippen molar-refractivity contribution in [1.29, 1.82) is 0 Å². The fourth-order valence-corrected chi connectivity index (χ4v) is 3.28. The molecule has 2 aromatic carbocycles. The van der Waals surface area contributed by atoms with Gasteiger partial charge in [0.05, 0.1) is 6.10 Å². The van der Waals surface area contributed by atoms with Gasteiger partial charge in [-0.2, -0.15) is 0 Å². The Labute approximate surface area is 164 Å². The average Bonchev–Trinajstić information content (AvgIpc) is 2.68. The smallest absolute Gasteiger partial charge is 0.165 e. The highest BCUT2D eigenvalue weighted by molar-refractivity contribution is 7.71. The van der Waals surface area contributed by atoms with Crippen molar-refractivity contribution in [2.24, 2.45) is 0 Å².